The average molecular weight is 453 g/mol. The van der Waals surface area contributed by atoms with Gasteiger partial charge in [-0.3, -0.25) is 9.10 Å². The van der Waals surface area contributed by atoms with Gasteiger partial charge in [0.2, 0.25) is 0 Å². The van der Waals surface area contributed by atoms with Crippen molar-refractivity contribution in [1.82, 2.24) is 5.32 Å². The van der Waals surface area contributed by atoms with Crippen molar-refractivity contribution < 1.29 is 13.2 Å². The molecule has 26 heavy (non-hydrogen) atoms. The van der Waals surface area contributed by atoms with E-state index in [2.05, 4.69) is 21.2 Å². The molecule has 0 spiro atoms. The van der Waals surface area contributed by atoms with Crippen molar-refractivity contribution in [2.24, 2.45) is 0 Å². The Labute approximate surface area is 164 Å². The Morgan fingerprint density at radius 3 is 2.46 bits per heavy atom. The number of nitrogens with one attached hydrogen (secondary N) is 1. The molecule has 0 bridgehead atoms. The zero-order valence-corrected chi connectivity index (χ0v) is 17.4. The Kier molecular flexibility index (Phi) is 5.36. The molecule has 0 atom stereocenters. The van der Waals surface area contributed by atoms with E-state index in [0.29, 0.717) is 17.1 Å². The van der Waals surface area contributed by atoms with Gasteiger partial charge in [0.25, 0.3) is 15.9 Å². The van der Waals surface area contributed by atoms with Crippen molar-refractivity contribution in [2.45, 2.75) is 11.8 Å². The molecule has 0 aliphatic heterocycles. The minimum absolute atomic E-state index is 0.150. The van der Waals surface area contributed by atoms with E-state index < -0.39 is 10.0 Å². The number of rotatable bonds is 5. The molecule has 0 saturated heterocycles. The number of amides is 1. The largest absolute Gasteiger partial charge is 0.354 e. The quantitative estimate of drug-likeness (QED) is 0.629. The predicted octanol–water partition coefficient (Wildman–Crippen LogP) is 4.24. The monoisotopic (exact) mass is 452 g/mol. The number of benzene rings is 2. The number of fused-ring (bicyclic) bond motifs is 1. The molecule has 8 heteroatoms. The van der Waals surface area contributed by atoms with E-state index in [-0.39, 0.29) is 10.8 Å². The summed E-state index contributed by atoms with van der Waals surface area (Å²) in [5.74, 6) is -0.150. The van der Waals surface area contributed by atoms with Crippen LogP contribution in [-0.2, 0) is 10.0 Å². The Bertz CT molecular complexity index is 1060. The molecule has 0 fully saturated rings. The van der Waals surface area contributed by atoms with Crippen molar-refractivity contribution in [3.05, 3.63) is 57.9 Å². The first-order valence-corrected chi connectivity index (χ1v) is 11.0. The number of nitrogens with zero attached hydrogens (tertiary/aromatic N) is 1. The van der Waals surface area contributed by atoms with Crippen LogP contribution in [0.3, 0.4) is 0 Å². The molecule has 0 saturated carbocycles. The Morgan fingerprint density at radius 1 is 1.15 bits per heavy atom. The van der Waals surface area contributed by atoms with Crippen molar-refractivity contribution in [3.8, 4) is 0 Å². The lowest BCUT2D eigenvalue weighted by Gasteiger charge is -2.23. The van der Waals surface area contributed by atoms with Crippen LogP contribution in [-0.4, -0.2) is 27.9 Å². The van der Waals surface area contributed by atoms with E-state index >= 15 is 0 Å². The molecule has 0 unspecified atom stereocenters. The zero-order valence-electron chi connectivity index (χ0n) is 14.2. The van der Waals surface area contributed by atoms with Crippen LogP contribution in [0.1, 0.15) is 16.6 Å². The van der Waals surface area contributed by atoms with Gasteiger partial charge in [0.05, 0.1) is 15.5 Å². The summed E-state index contributed by atoms with van der Waals surface area (Å²) < 4.78 is 29.2. The molecule has 1 amide bonds. The summed E-state index contributed by atoms with van der Waals surface area (Å²) in [6.45, 7) is 2.10. The number of hydrogen-bond donors (Lipinski definition) is 1. The third-order valence-corrected chi connectivity index (χ3v) is 7.49. The van der Waals surface area contributed by atoms with Crippen molar-refractivity contribution in [1.29, 1.82) is 0 Å². The van der Waals surface area contributed by atoms with E-state index in [4.69, 9.17) is 0 Å². The van der Waals surface area contributed by atoms with Gasteiger partial charge < -0.3 is 5.32 Å². The fraction of sp³-hybridized carbons (Fsp3) is 0.167. The minimum Gasteiger partial charge on any atom is -0.354 e. The van der Waals surface area contributed by atoms with Crippen LogP contribution in [0, 0.1) is 0 Å². The lowest BCUT2D eigenvalue weighted by Crippen LogP contribution is -2.30. The van der Waals surface area contributed by atoms with Crippen LogP contribution in [0.2, 0.25) is 0 Å². The molecule has 136 valence electrons. The standard InChI is InChI=1S/C18H17BrN2O3S2/c1-3-21(26(23,24)15-7-4-13(19)5-8-15)14-6-9-16-12(10-14)11-17(25-16)18(22)20-2/h4-11H,3H2,1-2H3,(H,20,22). The van der Waals surface area contributed by atoms with Gasteiger partial charge in [-0.2, -0.15) is 0 Å². The van der Waals surface area contributed by atoms with Gasteiger partial charge >= 0.3 is 0 Å². The van der Waals surface area contributed by atoms with Gasteiger partial charge in [0.15, 0.2) is 0 Å². The molecule has 1 aromatic heterocycles. The normalized spacial score (nSPS) is 11.5. The van der Waals surface area contributed by atoms with Crippen LogP contribution in [0.15, 0.2) is 57.9 Å². The second kappa shape index (κ2) is 7.38. The Morgan fingerprint density at radius 2 is 1.85 bits per heavy atom. The maximum atomic E-state index is 13.0. The van der Waals surface area contributed by atoms with E-state index in [1.165, 1.54) is 15.6 Å². The van der Waals surface area contributed by atoms with Crippen LogP contribution in [0.25, 0.3) is 10.1 Å². The third kappa shape index (κ3) is 3.49. The molecule has 5 nitrogen and oxygen atoms in total. The topological polar surface area (TPSA) is 66.5 Å². The summed E-state index contributed by atoms with van der Waals surface area (Å²) in [6, 6.07) is 13.8. The molecule has 0 radical (unpaired) electrons. The maximum absolute atomic E-state index is 13.0. The zero-order chi connectivity index (χ0) is 18.9. The fourth-order valence-electron chi connectivity index (χ4n) is 2.65. The van der Waals surface area contributed by atoms with Crippen LogP contribution >= 0.6 is 27.3 Å². The molecule has 3 aromatic rings. The van der Waals surface area contributed by atoms with Gasteiger partial charge in [-0.05, 0) is 60.8 Å². The predicted molar refractivity (Wildman–Crippen MR) is 110 cm³/mol. The summed E-state index contributed by atoms with van der Waals surface area (Å²) in [4.78, 5) is 12.6. The molecule has 0 aliphatic rings. The number of thiophene rings is 1. The lowest BCUT2D eigenvalue weighted by molar-refractivity contribution is 0.0967. The third-order valence-electron chi connectivity index (χ3n) is 3.93. The number of anilines is 1. The van der Waals surface area contributed by atoms with Gasteiger partial charge in [-0.1, -0.05) is 15.9 Å². The van der Waals surface area contributed by atoms with Gasteiger partial charge in [0, 0.05) is 22.8 Å². The smallest absolute Gasteiger partial charge is 0.264 e. The number of carbonyl (C=O) groups excluding carboxylic acids is 1. The molecule has 3 rings (SSSR count). The van der Waals surface area contributed by atoms with Gasteiger partial charge in [0.1, 0.15) is 0 Å². The molecular formula is C18H17BrN2O3S2. The van der Waals surface area contributed by atoms with Crippen LogP contribution in [0.4, 0.5) is 5.69 Å². The van der Waals surface area contributed by atoms with E-state index in [1.54, 1.807) is 56.4 Å². The van der Waals surface area contributed by atoms with Crippen molar-refractivity contribution in [3.63, 3.8) is 0 Å². The highest BCUT2D eigenvalue weighted by Crippen LogP contribution is 2.32. The van der Waals surface area contributed by atoms with Gasteiger partial charge in [-0.15, -0.1) is 11.3 Å². The highest BCUT2D eigenvalue weighted by atomic mass is 79.9. The number of carbonyl (C=O) groups is 1. The number of sulfonamides is 1. The van der Waals surface area contributed by atoms with Crippen molar-refractivity contribution in [2.75, 3.05) is 17.9 Å². The first kappa shape index (κ1) is 18.9. The van der Waals surface area contributed by atoms with Crippen molar-refractivity contribution >= 4 is 59.0 Å². The lowest BCUT2D eigenvalue weighted by atomic mass is 10.2. The van der Waals surface area contributed by atoms with E-state index in [0.717, 1.165) is 14.6 Å². The van der Waals surface area contributed by atoms with Crippen LogP contribution in [0.5, 0.6) is 0 Å². The van der Waals surface area contributed by atoms with E-state index in [9.17, 15) is 13.2 Å². The average Bonchev–Trinajstić information content (AvgIpc) is 3.05. The minimum atomic E-state index is -3.67. The summed E-state index contributed by atoms with van der Waals surface area (Å²) in [5.41, 5.74) is 0.573. The molecular weight excluding hydrogens is 436 g/mol. The molecule has 1 heterocycles. The van der Waals surface area contributed by atoms with Gasteiger partial charge in [-0.25, -0.2) is 8.42 Å². The second-order valence-electron chi connectivity index (χ2n) is 5.54. The van der Waals surface area contributed by atoms with Crippen LogP contribution < -0.4 is 9.62 Å². The molecule has 2 aromatic carbocycles. The second-order valence-corrected chi connectivity index (χ2v) is 9.40. The summed E-state index contributed by atoms with van der Waals surface area (Å²) >= 11 is 4.70. The summed E-state index contributed by atoms with van der Waals surface area (Å²) in [5, 5.41) is 3.45. The first-order chi connectivity index (χ1) is 12.4. The highest BCUT2D eigenvalue weighted by Gasteiger charge is 2.24. The summed E-state index contributed by atoms with van der Waals surface area (Å²) in [7, 11) is -2.08. The SMILES string of the molecule is CCN(c1ccc2sc(C(=O)NC)cc2c1)S(=O)(=O)c1ccc(Br)cc1. The van der Waals surface area contributed by atoms with E-state index in [1.807, 2.05) is 6.07 Å². The highest BCUT2D eigenvalue weighted by molar-refractivity contribution is 9.10. The summed E-state index contributed by atoms with van der Waals surface area (Å²) in [6.07, 6.45) is 0. The molecule has 1 N–H and O–H groups in total. The number of hydrogen-bond acceptors (Lipinski definition) is 4. The maximum Gasteiger partial charge on any atom is 0.264 e. The Hall–Kier alpha value is -1.90. The Balaban J connectivity index is 2.04. The molecule has 0 aliphatic carbocycles. The fourth-order valence-corrected chi connectivity index (χ4v) is 5.37. The first-order valence-electron chi connectivity index (χ1n) is 7.91. The number of halogens is 1.